The molecule has 1 aliphatic carbocycles. The first kappa shape index (κ1) is 10.5. The highest BCUT2D eigenvalue weighted by molar-refractivity contribution is 5.57. The topological polar surface area (TPSA) is 17.8 Å². The zero-order valence-corrected chi connectivity index (χ0v) is 9.86. The molecule has 3 rings (SSSR count). The van der Waals surface area contributed by atoms with E-state index in [2.05, 4.69) is 9.55 Å². The van der Waals surface area contributed by atoms with Crippen molar-refractivity contribution in [2.24, 2.45) is 5.92 Å². The molecule has 2 nitrogen and oxygen atoms in total. The Morgan fingerprint density at radius 2 is 2.24 bits per heavy atom. The summed E-state index contributed by atoms with van der Waals surface area (Å²) in [6.07, 6.45) is 6.26. The minimum absolute atomic E-state index is 0.187. The lowest BCUT2D eigenvalue weighted by molar-refractivity contribution is 0.612. The normalized spacial score (nSPS) is 15.2. The summed E-state index contributed by atoms with van der Waals surface area (Å²) in [6.45, 7) is 2.85. The Kier molecular flexibility index (Phi) is 2.46. The van der Waals surface area contributed by atoms with E-state index in [1.807, 2.05) is 25.3 Å². The third-order valence-corrected chi connectivity index (χ3v) is 3.23. The maximum atomic E-state index is 13.9. The highest BCUT2D eigenvalue weighted by Crippen LogP contribution is 2.32. The number of hydrogen-bond donors (Lipinski definition) is 0. The van der Waals surface area contributed by atoms with Crippen LogP contribution in [0.1, 0.15) is 18.4 Å². The maximum Gasteiger partial charge on any atom is 0.142 e. The van der Waals surface area contributed by atoms with Crippen LogP contribution in [0.4, 0.5) is 4.39 Å². The SMILES string of the molecule is Cc1ccc(-c2nccn2CC2CC2)c(F)c1. The molecule has 0 N–H and O–H groups in total. The van der Waals surface area contributed by atoms with Crippen LogP contribution >= 0.6 is 0 Å². The molecule has 3 heteroatoms. The van der Waals surface area contributed by atoms with Crippen molar-refractivity contribution in [1.82, 2.24) is 9.55 Å². The molecule has 0 saturated heterocycles. The molecule has 0 amide bonds. The maximum absolute atomic E-state index is 13.9. The van der Waals surface area contributed by atoms with Gasteiger partial charge in [-0.2, -0.15) is 0 Å². The Morgan fingerprint density at radius 1 is 1.41 bits per heavy atom. The summed E-state index contributed by atoms with van der Waals surface area (Å²) in [6, 6.07) is 5.30. The molecule has 0 atom stereocenters. The van der Waals surface area contributed by atoms with Crippen LogP contribution < -0.4 is 0 Å². The first-order valence-electron chi connectivity index (χ1n) is 6.01. The van der Waals surface area contributed by atoms with Gasteiger partial charge in [0, 0.05) is 18.9 Å². The summed E-state index contributed by atoms with van der Waals surface area (Å²) >= 11 is 0. The van der Waals surface area contributed by atoms with E-state index in [1.165, 1.54) is 12.8 Å². The lowest BCUT2D eigenvalue weighted by Gasteiger charge is -2.08. The number of nitrogens with zero attached hydrogens (tertiary/aromatic N) is 2. The van der Waals surface area contributed by atoms with Gasteiger partial charge in [0.25, 0.3) is 0 Å². The summed E-state index contributed by atoms with van der Waals surface area (Å²) < 4.78 is 16.0. The predicted molar refractivity (Wildman–Crippen MR) is 65.1 cm³/mol. The van der Waals surface area contributed by atoms with Crippen molar-refractivity contribution in [2.75, 3.05) is 0 Å². The van der Waals surface area contributed by atoms with E-state index < -0.39 is 0 Å². The Hall–Kier alpha value is -1.64. The second-order valence-electron chi connectivity index (χ2n) is 4.83. The van der Waals surface area contributed by atoms with Crippen molar-refractivity contribution in [3.05, 3.63) is 42.0 Å². The Bertz CT molecular complexity index is 541. The molecule has 1 heterocycles. The van der Waals surface area contributed by atoms with Gasteiger partial charge in [0.1, 0.15) is 11.6 Å². The van der Waals surface area contributed by atoms with Crippen molar-refractivity contribution in [1.29, 1.82) is 0 Å². The third kappa shape index (κ3) is 2.09. The number of hydrogen-bond acceptors (Lipinski definition) is 1. The van der Waals surface area contributed by atoms with Gasteiger partial charge in [-0.25, -0.2) is 9.37 Å². The number of aromatic nitrogens is 2. The first-order chi connectivity index (χ1) is 8.24. The summed E-state index contributed by atoms with van der Waals surface area (Å²) in [5.74, 6) is 1.32. The molecule has 1 aromatic carbocycles. The smallest absolute Gasteiger partial charge is 0.142 e. The molecule has 0 radical (unpaired) electrons. The van der Waals surface area contributed by atoms with Gasteiger partial charge in [-0.3, -0.25) is 0 Å². The van der Waals surface area contributed by atoms with E-state index in [-0.39, 0.29) is 5.82 Å². The summed E-state index contributed by atoms with van der Waals surface area (Å²) in [5.41, 5.74) is 1.53. The molecule has 1 saturated carbocycles. The molecule has 0 spiro atoms. The number of benzene rings is 1. The molecule has 1 aromatic heterocycles. The number of imidazole rings is 1. The molecular formula is C14H15FN2. The molecular weight excluding hydrogens is 215 g/mol. The molecule has 0 bridgehead atoms. The van der Waals surface area contributed by atoms with Crippen molar-refractivity contribution < 1.29 is 4.39 Å². The van der Waals surface area contributed by atoms with Gasteiger partial charge in [0.15, 0.2) is 0 Å². The van der Waals surface area contributed by atoms with Crippen molar-refractivity contribution in [2.45, 2.75) is 26.3 Å². The fourth-order valence-electron chi connectivity index (χ4n) is 2.08. The molecule has 0 aliphatic heterocycles. The van der Waals surface area contributed by atoms with Crippen molar-refractivity contribution in [3.8, 4) is 11.4 Å². The fraction of sp³-hybridized carbons (Fsp3) is 0.357. The van der Waals surface area contributed by atoms with Gasteiger partial charge in [-0.1, -0.05) is 6.07 Å². The Labute approximate surface area is 100 Å². The third-order valence-electron chi connectivity index (χ3n) is 3.23. The summed E-state index contributed by atoms with van der Waals surface area (Å²) in [7, 11) is 0. The average molecular weight is 230 g/mol. The van der Waals surface area contributed by atoms with Crippen LogP contribution in [0.25, 0.3) is 11.4 Å². The lowest BCUT2D eigenvalue weighted by Crippen LogP contribution is -2.02. The van der Waals surface area contributed by atoms with E-state index in [1.54, 1.807) is 12.3 Å². The predicted octanol–water partition coefficient (Wildman–Crippen LogP) is 3.41. The van der Waals surface area contributed by atoms with Crippen LogP contribution in [0.2, 0.25) is 0 Å². The van der Waals surface area contributed by atoms with Gasteiger partial charge in [0.2, 0.25) is 0 Å². The van der Waals surface area contributed by atoms with Gasteiger partial charge in [-0.05, 0) is 43.4 Å². The van der Waals surface area contributed by atoms with E-state index in [0.29, 0.717) is 5.56 Å². The quantitative estimate of drug-likeness (QED) is 0.790. The van der Waals surface area contributed by atoms with Crippen LogP contribution in [0.15, 0.2) is 30.6 Å². The zero-order valence-electron chi connectivity index (χ0n) is 9.86. The standard InChI is InChI=1S/C14H15FN2/c1-10-2-5-12(13(15)8-10)14-16-6-7-17(14)9-11-3-4-11/h2,5-8,11H,3-4,9H2,1H3. The highest BCUT2D eigenvalue weighted by Gasteiger charge is 2.23. The first-order valence-corrected chi connectivity index (χ1v) is 6.01. The Balaban J connectivity index is 1.99. The monoisotopic (exact) mass is 230 g/mol. The van der Waals surface area contributed by atoms with Gasteiger partial charge >= 0.3 is 0 Å². The van der Waals surface area contributed by atoms with Gasteiger partial charge in [0.05, 0.1) is 5.56 Å². The minimum Gasteiger partial charge on any atom is -0.331 e. The minimum atomic E-state index is -0.187. The zero-order chi connectivity index (χ0) is 11.8. The molecule has 2 aromatic rings. The van der Waals surface area contributed by atoms with Crippen LogP contribution in [-0.4, -0.2) is 9.55 Å². The number of halogens is 1. The van der Waals surface area contributed by atoms with Crippen LogP contribution in [0, 0.1) is 18.7 Å². The van der Waals surface area contributed by atoms with E-state index in [9.17, 15) is 4.39 Å². The van der Waals surface area contributed by atoms with E-state index >= 15 is 0 Å². The second-order valence-corrected chi connectivity index (χ2v) is 4.83. The lowest BCUT2D eigenvalue weighted by atomic mass is 10.1. The summed E-state index contributed by atoms with van der Waals surface area (Å²) in [5, 5.41) is 0. The molecule has 1 fully saturated rings. The molecule has 88 valence electrons. The fourth-order valence-corrected chi connectivity index (χ4v) is 2.08. The van der Waals surface area contributed by atoms with Gasteiger partial charge in [-0.15, -0.1) is 0 Å². The van der Waals surface area contributed by atoms with Gasteiger partial charge < -0.3 is 4.57 Å². The van der Waals surface area contributed by atoms with Crippen molar-refractivity contribution in [3.63, 3.8) is 0 Å². The molecule has 17 heavy (non-hydrogen) atoms. The number of aryl methyl sites for hydroxylation is 1. The van der Waals surface area contributed by atoms with E-state index in [0.717, 1.165) is 23.9 Å². The van der Waals surface area contributed by atoms with Crippen molar-refractivity contribution >= 4 is 0 Å². The average Bonchev–Trinajstić information content (AvgIpc) is 2.97. The molecule has 0 unspecified atom stereocenters. The van der Waals surface area contributed by atoms with Crippen LogP contribution in [0.3, 0.4) is 0 Å². The highest BCUT2D eigenvalue weighted by atomic mass is 19.1. The van der Waals surface area contributed by atoms with E-state index in [4.69, 9.17) is 0 Å². The Morgan fingerprint density at radius 3 is 2.94 bits per heavy atom. The van der Waals surface area contributed by atoms with Crippen LogP contribution in [-0.2, 0) is 6.54 Å². The number of rotatable bonds is 3. The summed E-state index contributed by atoms with van der Waals surface area (Å²) in [4.78, 5) is 4.28. The molecule has 1 aliphatic rings. The largest absolute Gasteiger partial charge is 0.331 e. The van der Waals surface area contributed by atoms with Crippen LogP contribution in [0.5, 0.6) is 0 Å². The second kappa shape index (κ2) is 3.99.